The topological polar surface area (TPSA) is 237 Å². The number of esters is 4. The van der Waals surface area contributed by atoms with Crippen LogP contribution in [0, 0.1) is 23.7 Å². The third-order valence-corrected chi connectivity index (χ3v) is 20.4. The van der Waals surface area contributed by atoms with E-state index in [1.807, 2.05) is 0 Å². The molecule has 7 atom stereocenters. The Morgan fingerprint density at radius 1 is 0.292 bits per heavy atom. The normalized spacial score (nSPS) is 14.7. The molecule has 0 spiro atoms. The second kappa shape index (κ2) is 66.3. The summed E-state index contributed by atoms with van der Waals surface area (Å²) in [6, 6.07) is 0. The van der Waals surface area contributed by atoms with Crippen molar-refractivity contribution in [2.45, 2.75) is 408 Å². The quantitative estimate of drug-likeness (QED) is 0.0222. The van der Waals surface area contributed by atoms with Gasteiger partial charge in [0, 0.05) is 25.7 Å². The van der Waals surface area contributed by atoms with Crippen LogP contribution in [0.5, 0.6) is 0 Å². The molecule has 0 saturated heterocycles. The Kier molecular flexibility index (Phi) is 65.0. The highest BCUT2D eigenvalue weighted by molar-refractivity contribution is 7.47. The van der Waals surface area contributed by atoms with Crippen molar-refractivity contribution < 1.29 is 80.2 Å². The highest BCUT2D eigenvalue weighted by Crippen LogP contribution is 2.45. The Bertz CT molecular complexity index is 1890. The van der Waals surface area contributed by atoms with Crippen LogP contribution >= 0.6 is 15.6 Å². The first kappa shape index (κ1) is 94.1. The van der Waals surface area contributed by atoms with Crippen molar-refractivity contribution in [3.8, 4) is 0 Å². The van der Waals surface area contributed by atoms with Gasteiger partial charge in [0.25, 0.3) is 0 Å². The fourth-order valence-corrected chi connectivity index (χ4v) is 13.2. The summed E-state index contributed by atoms with van der Waals surface area (Å²) < 4.78 is 68.5. The van der Waals surface area contributed by atoms with E-state index in [0.717, 1.165) is 114 Å². The summed E-state index contributed by atoms with van der Waals surface area (Å²) in [6.07, 6.45) is 51.6. The zero-order valence-corrected chi connectivity index (χ0v) is 64.8. The van der Waals surface area contributed by atoms with E-state index in [0.29, 0.717) is 31.6 Å². The van der Waals surface area contributed by atoms with Crippen molar-refractivity contribution in [2.75, 3.05) is 39.6 Å². The monoisotopic (exact) mass is 1410 g/mol. The third-order valence-electron chi connectivity index (χ3n) is 18.5. The smallest absolute Gasteiger partial charge is 0.462 e. The number of phosphoric ester groups is 2. The first-order valence-corrected chi connectivity index (χ1v) is 42.8. The Morgan fingerprint density at radius 2 is 0.500 bits per heavy atom. The third kappa shape index (κ3) is 67.9. The van der Waals surface area contributed by atoms with Crippen molar-refractivity contribution in [1.29, 1.82) is 0 Å². The maximum absolute atomic E-state index is 13.1. The maximum atomic E-state index is 13.1. The zero-order valence-electron chi connectivity index (χ0n) is 63.0. The van der Waals surface area contributed by atoms with Crippen LogP contribution in [0.3, 0.4) is 0 Å². The van der Waals surface area contributed by atoms with E-state index >= 15 is 0 Å². The molecule has 0 bridgehead atoms. The van der Waals surface area contributed by atoms with Crippen LogP contribution in [0.15, 0.2) is 0 Å². The Hall–Kier alpha value is -1.94. The molecule has 0 radical (unpaired) electrons. The molecule has 0 aromatic rings. The van der Waals surface area contributed by atoms with Gasteiger partial charge in [0.15, 0.2) is 12.2 Å². The van der Waals surface area contributed by atoms with E-state index in [1.165, 1.54) is 186 Å². The summed E-state index contributed by atoms with van der Waals surface area (Å²) >= 11 is 0. The van der Waals surface area contributed by atoms with Crippen LogP contribution in [0.2, 0.25) is 0 Å². The fraction of sp³-hybridized carbons (Fsp3) is 0.948. The summed E-state index contributed by atoms with van der Waals surface area (Å²) in [5.74, 6) is 0.941. The van der Waals surface area contributed by atoms with Gasteiger partial charge >= 0.3 is 39.5 Å². The minimum absolute atomic E-state index is 0.103. The molecule has 4 unspecified atom stereocenters. The van der Waals surface area contributed by atoms with Crippen LogP contribution in [0.25, 0.3) is 0 Å². The Balaban J connectivity index is 5.13. The molecule has 0 aromatic heterocycles. The summed E-state index contributed by atoms with van der Waals surface area (Å²) in [5, 5.41) is 10.6. The molecule has 0 aromatic carbocycles. The number of carbonyl (C=O) groups is 4. The van der Waals surface area contributed by atoms with Gasteiger partial charge in [0.2, 0.25) is 0 Å². The first-order valence-electron chi connectivity index (χ1n) is 39.8. The van der Waals surface area contributed by atoms with Crippen LogP contribution in [0.4, 0.5) is 0 Å². The second-order valence-corrected chi connectivity index (χ2v) is 32.1. The number of ether oxygens (including phenoxy) is 4. The Morgan fingerprint density at radius 3 is 0.740 bits per heavy atom. The van der Waals surface area contributed by atoms with Gasteiger partial charge in [-0.3, -0.25) is 37.3 Å². The average Bonchev–Trinajstić information content (AvgIpc) is 1.17. The van der Waals surface area contributed by atoms with Crippen LogP contribution in [-0.2, 0) is 65.4 Å². The number of unbranched alkanes of at least 4 members (excludes halogenated alkanes) is 38. The van der Waals surface area contributed by atoms with E-state index < -0.39 is 97.5 Å². The summed E-state index contributed by atoms with van der Waals surface area (Å²) in [4.78, 5) is 72.7. The number of hydrogen-bond donors (Lipinski definition) is 3. The lowest BCUT2D eigenvalue weighted by Crippen LogP contribution is -2.30. The molecule has 0 amide bonds. The molecule has 17 nitrogen and oxygen atoms in total. The molecule has 19 heteroatoms. The number of aliphatic hydroxyl groups excluding tert-OH is 1. The largest absolute Gasteiger partial charge is 0.472 e. The minimum atomic E-state index is -4.96. The fourth-order valence-electron chi connectivity index (χ4n) is 11.7. The molecular weight excluding hydrogens is 1260 g/mol. The van der Waals surface area contributed by atoms with E-state index in [4.69, 9.17) is 37.0 Å². The number of aliphatic hydroxyl groups is 1. The van der Waals surface area contributed by atoms with Crippen LogP contribution < -0.4 is 0 Å². The summed E-state index contributed by atoms with van der Waals surface area (Å²) in [6.45, 7) is 14.2. The highest BCUT2D eigenvalue weighted by atomic mass is 31.2. The molecule has 0 fully saturated rings. The van der Waals surface area contributed by atoms with Crippen LogP contribution in [0.1, 0.15) is 389 Å². The molecule has 0 saturated carbocycles. The lowest BCUT2D eigenvalue weighted by Gasteiger charge is -2.21. The first-order chi connectivity index (χ1) is 46.2. The van der Waals surface area contributed by atoms with Gasteiger partial charge in [-0.05, 0) is 49.4 Å². The van der Waals surface area contributed by atoms with E-state index in [9.17, 15) is 43.2 Å². The van der Waals surface area contributed by atoms with Gasteiger partial charge in [0.05, 0.1) is 26.4 Å². The highest BCUT2D eigenvalue weighted by Gasteiger charge is 2.30. The molecule has 0 aliphatic rings. The van der Waals surface area contributed by atoms with Crippen molar-refractivity contribution in [1.82, 2.24) is 0 Å². The van der Waals surface area contributed by atoms with Crippen molar-refractivity contribution >= 4 is 39.5 Å². The Labute approximate surface area is 588 Å². The zero-order chi connectivity index (χ0) is 71.0. The number of phosphoric acid groups is 2. The maximum Gasteiger partial charge on any atom is 0.472 e. The number of hydrogen-bond acceptors (Lipinski definition) is 15. The van der Waals surface area contributed by atoms with Crippen molar-refractivity contribution in [2.24, 2.45) is 23.7 Å². The molecule has 0 aliphatic carbocycles. The molecule has 0 aliphatic heterocycles. The molecule has 96 heavy (non-hydrogen) atoms. The van der Waals surface area contributed by atoms with E-state index in [-0.39, 0.29) is 25.7 Å². The van der Waals surface area contributed by atoms with Crippen molar-refractivity contribution in [3.05, 3.63) is 0 Å². The van der Waals surface area contributed by atoms with Gasteiger partial charge < -0.3 is 33.8 Å². The SMILES string of the molecule is CCC(C)CCCCCCCCCCCCCCCCCCCCC(=O)OC[C@H](COP(=O)(O)OC[C@@H](O)COP(=O)(O)OC[C@@H](COC(=O)CCCCCCCCC(C)CC)OC(=O)CCCCCCCCCCCCCC(C)C)OC(=O)CCCCCCCCCC(C)C. The minimum Gasteiger partial charge on any atom is -0.462 e. The lowest BCUT2D eigenvalue weighted by molar-refractivity contribution is -0.161. The second-order valence-electron chi connectivity index (χ2n) is 29.2. The van der Waals surface area contributed by atoms with Gasteiger partial charge in [-0.1, -0.05) is 338 Å². The molecule has 0 rings (SSSR count). The lowest BCUT2D eigenvalue weighted by atomic mass is 9.99. The number of carbonyl (C=O) groups excluding carboxylic acids is 4. The average molecular weight is 1410 g/mol. The molecule has 3 N–H and O–H groups in total. The van der Waals surface area contributed by atoms with E-state index in [2.05, 4.69) is 55.4 Å². The summed E-state index contributed by atoms with van der Waals surface area (Å²) in [5.41, 5.74) is 0. The van der Waals surface area contributed by atoms with Crippen molar-refractivity contribution in [3.63, 3.8) is 0 Å². The molecular formula is C77H150O17P2. The van der Waals surface area contributed by atoms with Gasteiger partial charge in [-0.15, -0.1) is 0 Å². The van der Waals surface area contributed by atoms with Gasteiger partial charge in [0.1, 0.15) is 19.3 Å². The summed E-state index contributed by atoms with van der Waals surface area (Å²) in [7, 11) is -9.91. The van der Waals surface area contributed by atoms with Crippen LogP contribution in [-0.4, -0.2) is 96.7 Å². The standard InChI is InChI=1S/C77H150O17P2/c1-9-69(7)55-47-39-31-25-21-17-15-13-11-12-14-16-18-22-26-32-41-49-57-74(79)87-63-72(94-77(82)60-52-44-34-28-30-38-46-54-68(5)6)65-91-95(83,84)89-61-71(78)62-90-96(85,86)92-66-73(64-88-75(80)58-50-42-36-35-40-48-56-70(8)10-2)93-76(81)59-51-43-33-27-23-19-20-24-29-37-45-53-67(3)4/h67-73,78H,9-66H2,1-8H3,(H,83,84)(H,85,86)/t69?,70?,71-,72-,73-/m1/s1. The van der Waals surface area contributed by atoms with Gasteiger partial charge in [-0.25, -0.2) is 9.13 Å². The molecule has 0 heterocycles. The molecule has 570 valence electrons. The number of rotatable bonds is 74. The predicted octanol–water partition coefficient (Wildman–Crippen LogP) is 22.4. The van der Waals surface area contributed by atoms with Gasteiger partial charge in [-0.2, -0.15) is 0 Å². The van der Waals surface area contributed by atoms with E-state index in [1.54, 1.807) is 0 Å². The predicted molar refractivity (Wildman–Crippen MR) is 391 cm³/mol.